The van der Waals surface area contributed by atoms with Crippen LogP contribution >= 0.6 is 0 Å². The highest BCUT2D eigenvalue weighted by Gasteiger charge is 2.16. The third-order valence-electron chi connectivity index (χ3n) is 5.79. The van der Waals surface area contributed by atoms with Crippen molar-refractivity contribution in [1.82, 2.24) is 9.13 Å². The molecule has 1 aliphatic rings. The molecular weight excluding hydrogens is 322 g/mol. The number of hydrogen-bond donors (Lipinski definition) is 1. The van der Waals surface area contributed by atoms with Gasteiger partial charge in [0, 0.05) is 65.1 Å². The third kappa shape index (κ3) is 2.22. The molecule has 26 heavy (non-hydrogen) atoms. The largest absolute Gasteiger partial charge is 0.494 e. The van der Waals surface area contributed by atoms with Gasteiger partial charge in [0.05, 0.1) is 0 Å². The molecule has 4 aromatic rings. The molecule has 0 radical (unpaired) electrons. The van der Waals surface area contributed by atoms with Gasteiger partial charge in [-0.05, 0) is 56.2 Å². The van der Waals surface area contributed by atoms with Gasteiger partial charge in [0.15, 0.2) is 0 Å². The van der Waals surface area contributed by atoms with Crippen molar-refractivity contribution in [2.45, 2.75) is 19.8 Å². The lowest BCUT2D eigenvalue weighted by molar-refractivity contribution is 0.448. The number of fused-ring (bicyclic) bond motifs is 2. The fourth-order valence-electron chi connectivity index (χ4n) is 4.17. The summed E-state index contributed by atoms with van der Waals surface area (Å²) >= 11 is 0. The predicted octanol–water partition coefficient (Wildman–Crippen LogP) is 4.74. The van der Waals surface area contributed by atoms with E-state index in [0.717, 1.165) is 29.5 Å². The molecule has 5 rings (SSSR count). The van der Waals surface area contributed by atoms with E-state index in [4.69, 9.17) is 0 Å². The maximum absolute atomic E-state index is 10.9. The predicted molar refractivity (Wildman–Crippen MR) is 108 cm³/mol. The van der Waals surface area contributed by atoms with Gasteiger partial charge in [-0.1, -0.05) is 6.07 Å². The van der Waals surface area contributed by atoms with Crippen LogP contribution in [0.15, 0.2) is 48.7 Å². The van der Waals surface area contributed by atoms with Crippen LogP contribution in [0.3, 0.4) is 0 Å². The summed E-state index contributed by atoms with van der Waals surface area (Å²) in [5.74, 6) is 0.313. The van der Waals surface area contributed by atoms with Gasteiger partial charge in [0.2, 0.25) is 5.88 Å². The Hall–Kier alpha value is -2.88. The molecule has 0 aliphatic carbocycles. The van der Waals surface area contributed by atoms with Gasteiger partial charge in [0.1, 0.15) is 0 Å². The van der Waals surface area contributed by atoms with Gasteiger partial charge < -0.3 is 14.6 Å². The van der Waals surface area contributed by atoms with Crippen LogP contribution in [0.2, 0.25) is 0 Å². The van der Waals surface area contributed by atoms with Crippen molar-refractivity contribution in [2.24, 2.45) is 7.05 Å². The van der Waals surface area contributed by atoms with Crippen LogP contribution in [0.25, 0.3) is 27.4 Å². The summed E-state index contributed by atoms with van der Waals surface area (Å²) in [4.78, 5) is 2.40. The smallest absolute Gasteiger partial charge is 0.203 e. The number of aromatic nitrogens is 2. The van der Waals surface area contributed by atoms with E-state index >= 15 is 0 Å². The van der Waals surface area contributed by atoms with Crippen molar-refractivity contribution < 1.29 is 5.11 Å². The molecule has 0 unspecified atom stereocenters. The second-order valence-electron chi connectivity index (χ2n) is 7.38. The SMILES string of the molecule is Cc1cc2cc(-n3cc4ccc(N5CCCC5)cc4c3O)ccc2n1C. The van der Waals surface area contributed by atoms with E-state index in [1.165, 1.54) is 35.1 Å². The molecule has 2 aromatic carbocycles. The number of nitrogens with zero attached hydrogens (tertiary/aromatic N) is 3. The number of aryl methyl sites for hydroxylation is 2. The summed E-state index contributed by atoms with van der Waals surface area (Å²) in [5.41, 5.74) is 4.63. The molecular formula is C22H23N3O. The van der Waals surface area contributed by atoms with Crippen LogP contribution in [0.5, 0.6) is 5.88 Å². The molecule has 0 saturated carbocycles. The monoisotopic (exact) mass is 345 g/mol. The maximum Gasteiger partial charge on any atom is 0.203 e. The van der Waals surface area contributed by atoms with E-state index in [1.54, 1.807) is 0 Å². The number of anilines is 1. The van der Waals surface area contributed by atoms with Crippen molar-refractivity contribution in [3.8, 4) is 11.6 Å². The fraction of sp³-hybridized carbons (Fsp3) is 0.273. The highest BCUT2D eigenvalue weighted by Crippen LogP contribution is 2.34. The summed E-state index contributed by atoms with van der Waals surface area (Å²) in [5, 5.41) is 14.1. The van der Waals surface area contributed by atoms with Crippen molar-refractivity contribution >= 4 is 27.4 Å². The standard InChI is InChI=1S/C22H23N3O/c1-15-11-17-12-19(7-8-21(17)23(15)2)25-14-16-5-6-18(13-20(16)22(25)26)24-9-3-4-10-24/h5-8,11-14,26H,3-4,9-10H2,1-2H3. The maximum atomic E-state index is 10.9. The Morgan fingerprint density at radius 3 is 2.46 bits per heavy atom. The van der Waals surface area contributed by atoms with E-state index in [2.05, 4.69) is 65.9 Å². The number of rotatable bonds is 2. The van der Waals surface area contributed by atoms with Gasteiger partial charge in [-0.2, -0.15) is 0 Å². The molecule has 4 heteroatoms. The molecule has 0 bridgehead atoms. The first-order valence-corrected chi connectivity index (χ1v) is 9.27. The number of aromatic hydroxyl groups is 1. The van der Waals surface area contributed by atoms with Crippen LogP contribution in [0.1, 0.15) is 18.5 Å². The normalized spacial score (nSPS) is 14.8. The molecule has 1 N–H and O–H groups in total. The minimum atomic E-state index is 0.313. The van der Waals surface area contributed by atoms with E-state index in [9.17, 15) is 5.11 Å². The molecule has 0 atom stereocenters. The van der Waals surface area contributed by atoms with Gasteiger partial charge in [0.25, 0.3) is 0 Å². The first-order valence-electron chi connectivity index (χ1n) is 9.27. The Balaban J connectivity index is 1.63. The molecule has 1 aliphatic heterocycles. The van der Waals surface area contributed by atoms with Crippen LogP contribution in [0, 0.1) is 6.92 Å². The summed E-state index contributed by atoms with van der Waals surface area (Å²) in [7, 11) is 2.08. The summed E-state index contributed by atoms with van der Waals surface area (Å²) in [6.45, 7) is 4.33. The quantitative estimate of drug-likeness (QED) is 0.569. The van der Waals surface area contributed by atoms with Crippen LogP contribution in [-0.4, -0.2) is 27.3 Å². The van der Waals surface area contributed by atoms with E-state index in [1.807, 2.05) is 10.8 Å². The highest BCUT2D eigenvalue weighted by molar-refractivity contribution is 5.92. The van der Waals surface area contributed by atoms with Crippen molar-refractivity contribution in [2.75, 3.05) is 18.0 Å². The lowest BCUT2D eigenvalue weighted by atomic mass is 10.2. The molecule has 4 nitrogen and oxygen atoms in total. The Kier molecular flexibility index (Phi) is 3.29. The Morgan fingerprint density at radius 2 is 1.65 bits per heavy atom. The van der Waals surface area contributed by atoms with Crippen LogP contribution in [-0.2, 0) is 7.05 Å². The molecule has 1 fully saturated rings. The van der Waals surface area contributed by atoms with Crippen molar-refractivity contribution in [1.29, 1.82) is 0 Å². The highest BCUT2D eigenvalue weighted by atomic mass is 16.3. The topological polar surface area (TPSA) is 33.3 Å². The fourth-order valence-corrected chi connectivity index (χ4v) is 4.17. The minimum Gasteiger partial charge on any atom is -0.494 e. The lowest BCUT2D eigenvalue weighted by Gasteiger charge is -2.17. The van der Waals surface area contributed by atoms with E-state index < -0.39 is 0 Å². The average Bonchev–Trinajstić information content (AvgIpc) is 3.35. The summed E-state index contributed by atoms with van der Waals surface area (Å²) in [6.07, 6.45) is 4.53. The van der Waals surface area contributed by atoms with Crippen molar-refractivity contribution in [3.05, 3.63) is 54.4 Å². The lowest BCUT2D eigenvalue weighted by Crippen LogP contribution is -2.17. The van der Waals surface area contributed by atoms with Crippen LogP contribution < -0.4 is 4.90 Å². The second kappa shape index (κ2) is 5.56. The van der Waals surface area contributed by atoms with Gasteiger partial charge in [-0.3, -0.25) is 4.57 Å². The Morgan fingerprint density at radius 1 is 0.885 bits per heavy atom. The Labute approximate surface area is 152 Å². The second-order valence-corrected chi connectivity index (χ2v) is 7.38. The number of benzene rings is 2. The first kappa shape index (κ1) is 15.4. The molecule has 1 saturated heterocycles. The third-order valence-corrected chi connectivity index (χ3v) is 5.79. The molecule has 132 valence electrons. The van der Waals surface area contributed by atoms with Crippen LogP contribution in [0.4, 0.5) is 5.69 Å². The summed E-state index contributed by atoms with van der Waals surface area (Å²) < 4.78 is 4.08. The zero-order chi connectivity index (χ0) is 17.8. The molecule has 3 heterocycles. The van der Waals surface area contributed by atoms with Gasteiger partial charge in [-0.15, -0.1) is 0 Å². The molecule has 0 spiro atoms. The van der Waals surface area contributed by atoms with Gasteiger partial charge in [-0.25, -0.2) is 0 Å². The Bertz CT molecular complexity index is 1130. The van der Waals surface area contributed by atoms with E-state index in [-0.39, 0.29) is 0 Å². The van der Waals surface area contributed by atoms with Gasteiger partial charge >= 0.3 is 0 Å². The average molecular weight is 345 g/mol. The zero-order valence-corrected chi connectivity index (χ0v) is 15.2. The summed E-state index contributed by atoms with van der Waals surface area (Å²) in [6, 6.07) is 14.9. The number of hydrogen-bond acceptors (Lipinski definition) is 2. The first-order chi connectivity index (χ1) is 12.6. The van der Waals surface area contributed by atoms with Crippen molar-refractivity contribution in [3.63, 3.8) is 0 Å². The minimum absolute atomic E-state index is 0.313. The molecule has 0 amide bonds. The van der Waals surface area contributed by atoms with E-state index in [0.29, 0.717) is 5.88 Å². The molecule has 2 aromatic heterocycles. The zero-order valence-electron chi connectivity index (χ0n) is 15.2.